The standard InChI is InChI=1S/C7H18O3Si2/c1-11(2,3)10-12(4,5)6-7(8)9/h6H2,1-5H3,(H,8,9). The zero-order valence-electron chi connectivity index (χ0n) is 8.47. The molecule has 0 saturated heterocycles. The van der Waals surface area contributed by atoms with Crippen LogP contribution in [0.1, 0.15) is 0 Å². The Morgan fingerprint density at radius 1 is 1.25 bits per heavy atom. The van der Waals surface area contributed by atoms with Crippen molar-refractivity contribution in [2.75, 3.05) is 0 Å². The van der Waals surface area contributed by atoms with Gasteiger partial charge >= 0.3 is 5.97 Å². The van der Waals surface area contributed by atoms with Gasteiger partial charge in [-0.2, -0.15) is 0 Å². The third-order valence-corrected chi connectivity index (χ3v) is 6.97. The summed E-state index contributed by atoms with van der Waals surface area (Å²) >= 11 is 0. The molecule has 0 aliphatic carbocycles. The Hall–Kier alpha value is -0.136. The van der Waals surface area contributed by atoms with Crippen LogP contribution in [0.3, 0.4) is 0 Å². The number of aliphatic carboxylic acids is 1. The van der Waals surface area contributed by atoms with Gasteiger partial charge < -0.3 is 9.22 Å². The highest BCUT2D eigenvalue weighted by Gasteiger charge is 2.31. The average Bonchev–Trinajstić information content (AvgIpc) is 1.48. The molecule has 1 N–H and O–H groups in total. The van der Waals surface area contributed by atoms with Crippen LogP contribution in [0.4, 0.5) is 0 Å². The molecule has 0 aromatic heterocycles. The molecular weight excluding hydrogens is 188 g/mol. The normalized spacial score (nSPS) is 13.1. The van der Waals surface area contributed by atoms with E-state index in [2.05, 4.69) is 19.6 Å². The first-order valence-electron chi connectivity index (χ1n) is 4.04. The molecule has 72 valence electrons. The van der Waals surface area contributed by atoms with Crippen LogP contribution in [0.15, 0.2) is 0 Å². The quantitative estimate of drug-likeness (QED) is 0.717. The van der Waals surface area contributed by atoms with Crippen LogP contribution in [0.25, 0.3) is 0 Å². The van der Waals surface area contributed by atoms with E-state index in [0.29, 0.717) is 0 Å². The maximum absolute atomic E-state index is 10.5. The van der Waals surface area contributed by atoms with Gasteiger partial charge in [0.05, 0.1) is 6.04 Å². The molecule has 0 fully saturated rings. The summed E-state index contributed by atoms with van der Waals surface area (Å²) in [5.74, 6) is -0.745. The zero-order valence-corrected chi connectivity index (χ0v) is 10.5. The predicted octanol–water partition coefficient (Wildman–Crippen LogP) is 2.13. The minimum atomic E-state index is -1.94. The highest BCUT2D eigenvalue weighted by Crippen LogP contribution is 2.17. The molecule has 0 rings (SSSR count). The predicted molar refractivity (Wildman–Crippen MR) is 54.4 cm³/mol. The lowest BCUT2D eigenvalue weighted by Gasteiger charge is -2.30. The molecule has 0 atom stereocenters. The van der Waals surface area contributed by atoms with Crippen molar-refractivity contribution < 1.29 is 14.0 Å². The Labute approximate surface area is 76.0 Å². The summed E-state index contributed by atoms with van der Waals surface area (Å²) in [6, 6.07) is 0.206. The number of hydrogen-bond acceptors (Lipinski definition) is 2. The highest BCUT2D eigenvalue weighted by atomic mass is 28.4. The van der Waals surface area contributed by atoms with E-state index in [4.69, 9.17) is 9.22 Å². The number of hydrogen-bond donors (Lipinski definition) is 1. The summed E-state index contributed by atoms with van der Waals surface area (Å²) < 4.78 is 5.83. The topological polar surface area (TPSA) is 46.5 Å². The van der Waals surface area contributed by atoms with E-state index in [-0.39, 0.29) is 6.04 Å². The van der Waals surface area contributed by atoms with Gasteiger partial charge in [0.1, 0.15) is 0 Å². The highest BCUT2D eigenvalue weighted by molar-refractivity contribution is 6.85. The molecule has 0 amide bonds. The second-order valence-electron chi connectivity index (χ2n) is 4.54. The second-order valence-corrected chi connectivity index (χ2v) is 13.5. The molecule has 0 unspecified atom stereocenters. The monoisotopic (exact) mass is 206 g/mol. The maximum atomic E-state index is 10.5. The third kappa shape index (κ3) is 6.57. The van der Waals surface area contributed by atoms with Crippen molar-refractivity contribution in [3.63, 3.8) is 0 Å². The molecule has 0 aromatic carbocycles. The number of carboxylic acid groups (broad SMARTS) is 1. The Kier molecular flexibility index (Phi) is 3.67. The van der Waals surface area contributed by atoms with E-state index < -0.39 is 22.6 Å². The van der Waals surface area contributed by atoms with Gasteiger partial charge in [-0.05, 0) is 32.7 Å². The molecule has 0 saturated carbocycles. The molecule has 0 aliphatic rings. The van der Waals surface area contributed by atoms with Crippen molar-refractivity contribution in [1.82, 2.24) is 0 Å². The Morgan fingerprint density at radius 2 is 1.67 bits per heavy atom. The van der Waals surface area contributed by atoms with Crippen LogP contribution >= 0.6 is 0 Å². The average molecular weight is 206 g/mol. The van der Waals surface area contributed by atoms with Crippen LogP contribution in [-0.2, 0) is 8.91 Å². The summed E-state index contributed by atoms with van der Waals surface area (Å²) in [6.07, 6.45) is 0. The first-order valence-corrected chi connectivity index (χ1v) is 10.6. The van der Waals surface area contributed by atoms with Gasteiger partial charge in [-0.3, -0.25) is 4.79 Å². The van der Waals surface area contributed by atoms with Gasteiger partial charge in [-0.25, -0.2) is 0 Å². The van der Waals surface area contributed by atoms with Crippen LogP contribution in [0.5, 0.6) is 0 Å². The van der Waals surface area contributed by atoms with Gasteiger partial charge in [0.2, 0.25) is 0 Å². The smallest absolute Gasteiger partial charge is 0.302 e. The summed E-state index contributed by atoms with van der Waals surface area (Å²) in [4.78, 5) is 10.5. The second kappa shape index (κ2) is 3.72. The molecule has 0 heterocycles. The molecule has 0 aromatic rings. The van der Waals surface area contributed by atoms with Crippen molar-refractivity contribution in [1.29, 1.82) is 0 Å². The lowest BCUT2D eigenvalue weighted by atomic mass is 10.8. The zero-order chi connectivity index (χ0) is 9.99. The fraction of sp³-hybridized carbons (Fsp3) is 0.857. The minimum Gasteiger partial charge on any atom is -0.481 e. The van der Waals surface area contributed by atoms with Crippen molar-refractivity contribution in [2.45, 2.75) is 38.8 Å². The molecular formula is C7H18O3Si2. The first kappa shape index (κ1) is 11.9. The summed E-state index contributed by atoms with van der Waals surface area (Å²) in [5, 5.41) is 8.62. The van der Waals surface area contributed by atoms with Crippen LogP contribution in [0.2, 0.25) is 38.8 Å². The molecule has 12 heavy (non-hydrogen) atoms. The Balaban J connectivity index is 4.13. The maximum Gasteiger partial charge on any atom is 0.302 e. The van der Waals surface area contributed by atoms with Gasteiger partial charge in [0.15, 0.2) is 16.6 Å². The number of carbonyl (C=O) groups is 1. The molecule has 0 radical (unpaired) electrons. The Morgan fingerprint density at radius 3 is 1.92 bits per heavy atom. The lowest BCUT2D eigenvalue weighted by Crippen LogP contribution is -2.43. The van der Waals surface area contributed by atoms with E-state index in [9.17, 15) is 4.79 Å². The number of rotatable bonds is 4. The Bertz CT molecular complexity index is 172. The van der Waals surface area contributed by atoms with Crippen molar-refractivity contribution in [3.05, 3.63) is 0 Å². The van der Waals surface area contributed by atoms with Crippen LogP contribution < -0.4 is 0 Å². The SMILES string of the molecule is C[Si](C)(C)O[Si](C)(C)CC(=O)O. The summed E-state index contributed by atoms with van der Waals surface area (Å²) in [6.45, 7) is 10.2. The van der Waals surface area contributed by atoms with E-state index in [1.165, 1.54) is 0 Å². The number of carboxylic acids is 1. The fourth-order valence-electron chi connectivity index (χ4n) is 1.23. The first-order chi connectivity index (χ1) is 5.12. The summed E-state index contributed by atoms with van der Waals surface area (Å²) in [7, 11) is -3.50. The van der Waals surface area contributed by atoms with Crippen molar-refractivity contribution in [2.24, 2.45) is 0 Å². The lowest BCUT2D eigenvalue weighted by molar-refractivity contribution is -0.134. The van der Waals surface area contributed by atoms with Crippen molar-refractivity contribution >= 4 is 22.6 Å². The third-order valence-electron chi connectivity index (χ3n) is 1.16. The molecule has 0 aliphatic heterocycles. The van der Waals surface area contributed by atoms with Gasteiger partial charge in [0, 0.05) is 0 Å². The van der Waals surface area contributed by atoms with E-state index >= 15 is 0 Å². The van der Waals surface area contributed by atoms with Crippen LogP contribution in [-0.4, -0.2) is 27.7 Å². The minimum absolute atomic E-state index is 0.206. The largest absolute Gasteiger partial charge is 0.481 e. The van der Waals surface area contributed by atoms with Gasteiger partial charge in [-0.1, -0.05) is 0 Å². The molecule has 5 heteroatoms. The van der Waals surface area contributed by atoms with E-state index in [0.717, 1.165) is 0 Å². The van der Waals surface area contributed by atoms with E-state index in [1.807, 2.05) is 13.1 Å². The molecule has 0 spiro atoms. The summed E-state index contributed by atoms with van der Waals surface area (Å²) in [5.41, 5.74) is 0. The molecule has 3 nitrogen and oxygen atoms in total. The molecule has 0 bridgehead atoms. The van der Waals surface area contributed by atoms with Gasteiger partial charge in [-0.15, -0.1) is 0 Å². The van der Waals surface area contributed by atoms with Crippen LogP contribution in [0, 0.1) is 0 Å². The van der Waals surface area contributed by atoms with Gasteiger partial charge in [0.25, 0.3) is 0 Å². The fourth-order valence-corrected chi connectivity index (χ4v) is 8.88. The van der Waals surface area contributed by atoms with E-state index in [1.54, 1.807) is 0 Å². The van der Waals surface area contributed by atoms with Crippen molar-refractivity contribution in [3.8, 4) is 0 Å².